The molecule has 2 amide bonds. The molecule has 1 unspecified atom stereocenters. The van der Waals surface area contributed by atoms with Crippen LogP contribution in [0.2, 0.25) is 0 Å². The van der Waals surface area contributed by atoms with Crippen molar-refractivity contribution < 1.29 is 23.9 Å². The summed E-state index contributed by atoms with van der Waals surface area (Å²) in [5.41, 5.74) is 0. The van der Waals surface area contributed by atoms with E-state index in [-0.39, 0.29) is 19.1 Å². The van der Waals surface area contributed by atoms with E-state index in [1.165, 1.54) is 4.90 Å². The molecule has 0 aromatic rings. The highest BCUT2D eigenvalue weighted by atomic mass is 19.1. The van der Waals surface area contributed by atoms with Crippen molar-refractivity contribution in [3.8, 4) is 0 Å². The summed E-state index contributed by atoms with van der Waals surface area (Å²) in [5.74, 6) is -3.72. The topological polar surface area (TPSA) is 77.9 Å². The van der Waals surface area contributed by atoms with Crippen LogP contribution in [-0.2, 0) is 14.4 Å². The van der Waals surface area contributed by atoms with Gasteiger partial charge < -0.3 is 10.0 Å². The fourth-order valence-electron chi connectivity index (χ4n) is 1.51. The molecule has 6 nitrogen and oxygen atoms in total. The van der Waals surface area contributed by atoms with Crippen LogP contribution in [0.1, 0.15) is 13.8 Å². The van der Waals surface area contributed by atoms with Crippen LogP contribution in [-0.4, -0.2) is 58.1 Å². The van der Waals surface area contributed by atoms with Gasteiger partial charge in [0.25, 0.3) is 6.30 Å². The van der Waals surface area contributed by atoms with Gasteiger partial charge in [-0.25, -0.2) is 9.18 Å². The molecule has 90 valence electrons. The number of hydrogen-bond donors (Lipinski definition) is 1. The molecule has 0 aromatic carbocycles. The number of amides is 2. The highest BCUT2D eigenvalue weighted by molar-refractivity contribution is 6.35. The highest BCUT2D eigenvalue weighted by Gasteiger charge is 2.39. The Kier molecular flexibility index (Phi) is 3.46. The lowest BCUT2D eigenvalue weighted by Gasteiger charge is -2.36. The second-order valence-corrected chi connectivity index (χ2v) is 3.76. The first-order valence-electron chi connectivity index (χ1n) is 4.84. The smallest absolute Gasteiger partial charge is 0.359 e. The minimum atomic E-state index is -2.45. The Hall–Kier alpha value is -1.66. The summed E-state index contributed by atoms with van der Waals surface area (Å²) in [5, 5.41) is 8.42. The molecule has 0 radical (unpaired) electrons. The number of carbonyl (C=O) groups is 3. The van der Waals surface area contributed by atoms with E-state index >= 15 is 0 Å². The number of carboxylic acids is 1. The molecule has 1 heterocycles. The number of nitrogens with zero attached hydrogens (tertiary/aromatic N) is 2. The van der Waals surface area contributed by atoms with Crippen molar-refractivity contribution in [1.82, 2.24) is 9.80 Å². The minimum Gasteiger partial charge on any atom is -0.478 e. The van der Waals surface area contributed by atoms with E-state index in [4.69, 9.17) is 5.11 Å². The zero-order valence-corrected chi connectivity index (χ0v) is 9.01. The Bertz CT molecular complexity index is 331. The van der Waals surface area contributed by atoms with Crippen LogP contribution in [0.15, 0.2) is 0 Å². The standard InChI is InChI=1S/C9H13FN2O4/c1-5(2)11-3-4-12(6(10)9(15)16)8(14)7(11)13/h5-6H,3-4H2,1-2H3,(H,15,16). The van der Waals surface area contributed by atoms with Crippen molar-refractivity contribution in [2.45, 2.75) is 26.2 Å². The SMILES string of the molecule is CC(C)N1CCN(C(F)C(=O)O)C(=O)C1=O. The lowest BCUT2D eigenvalue weighted by Crippen LogP contribution is -2.59. The fraction of sp³-hybridized carbons (Fsp3) is 0.667. The number of piperazine rings is 1. The van der Waals surface area contributed by atoms with Gasteiger partial charge in [0, 0.05) is 19.1 Å². The maximum absolute atomic E-state index is 13.1. The van der Waals surface area contributed by atoms with E-state index in [9.17, 15) is 18.8 Å². The minimum absolute atomic E-state index is 0.101. The van der Waals surface area contributed by atoms with Crippen molar-refractivity contribution in [1.29, 1.82) is 0 Å². The van der Waals surface area contributed by atoms with Gasteiger partial charge in [-0.05, 0) is 13.8 Å². The average Bonchev–Trinajstić information content (AvgIpc) is 2.20. The van der Waals surface area contributed by atoms with Gasteiger partial charge in [-0.2, -0.15) is 0 Å². The number of alkyl halides is 1. The number of rotatable bonds is 3. The number of hydrogen-bond acceptors (Lipinski definition) is 3. The quantitative estimate of drug-likeness (QED) is 0.523. The number of halogens is 1. The van der Waals surface area contributed by atoms with Gasteiger partial charge in [0.05, 0.1) is 0 Å². The maximum Gasteiger partial charge on any atom is 0.359 e. The molecule has 0 bridgehead atoms. The fourth-order valence-corrected chi connectivity index (χ4v) is 1.51. The van der Waals surface area contributed by atoms with E-state index in [1.807, 2.05) is 0 Å². The van der Waals surface area contributed by atoms with Crippen molar-refractivity contribution in [2.75, 3.05) is 13.1 Å². The number of aliphatic carboxylic acids is 1. The molecule has 0 spiro atoms. The van der Waals surface area contributed by atoms with E-state index in [0.29, 0.717) is 4.90 Å². The van der Waals surface area contributed by atoms with Gasteiger partial charge in [0.1, 0.15) is 0 Å². The highest BCUT2D eigenvalue weighted by Crippen LogP contribution is 2.12. The van der Waals surface area contributed by atoms with Crippen LogP contribution in [0.4, 0.5) is 4.39 Å². The summed E-state index contributed by atoms with van der Waals surface area (Å²) < 4.78 is 13.1. The van der Waals surface area contributed by atoms with E-state index in [0.717, 1.165) is 0 Å². The molecule has 1 aliphatic rings. The van der Waals surface area contributed by atoms with Gasteiger partial charge in [-0.1, -0.05) is 0 Å². The predicted molar refractivity (Wildman–Crippen MR) is 51.1 cm³/mol. The molecule has 0 aliphatic carbocycles. The molecule has 16 heavy (non-hydrogen) atoms. The molecule has 0 aromatic heterocycles. The third kappa shape index (κ3) is 2.12. The van der Waals surface area contributed by atoms with Gasteiger partial charge in [0.15, 0.2) is 0 Å². The van der Waals surface area contributed by atoms with Gasteiger partial charge in [-0.15, -0.1) is 0 Å². The third-order valence-electron chi connectivity index (χ3n) is 2.39. The van der Waals surface area contributed by atoms with Crippen molar-refractivity contribution in [2.24, 2.45) is 0 Å². The second kappa shape index (κ2) is 4.46. The summed E-state index contributed by atoms with van der Waals surface area (Å²) in [6, 6.07) is -0.165. The monoisotopic (exact) mass is 232 g/mol. The van der Waals surface area contributed by atoms with E-state index < -0.39 is 24.1 Å². The summed E-state index contributed by atoms with van der Waals surface area (Å²) in [6.07, 6.45) is -2.45. The Labute approximate surface area is 91.6 Å². The van der Waals surface area contributed by atoms with Gasteiger partial charge in [0.2, 0.25) is 0 Å². The molecular weight excluding hydrogens is 219 g/mol. The molecule has 0 saturated carbocycles. The van der Waals surface area contributed by atoms with Crippen molar-refractivity contribution >= 4 is 17.8 Å². The molecule has 1 atom stereocenters. The first-order chi connectivity index (χ1) is 7.36. The third-order valence-corrected chi connectivity index (χ3v) is 2.39. The molecule has 1 saturated heterocycles. The first-order valence-corrected chi connectivity index (χ1v) is 4.84. The predicted octanol–water partition coefficient (Wildman–Crippen LogP) is -0.554. The summed E-state index contributed by atoms with van der Waals surface area (Å²) >= 11 is 0. The lowest BCUT2D eigenvalue weighted by atomic mass is 10.2. The van der Waals surface area contributed by atoms with Crippen molar-refractivity contribution in [3.05, 3.63) is 0 Å². The molecule has 1 N–H and O–H groups in total. The van der Waals surface area contributed by atoms with Crippen LogP contribution in [0.5, 0.6) is 0 Å². The molecular formula is C9H13FN2O4. The summed E-state index contributed by atoms with van der Waals surface area (Å²) in [6.45, 7) is 3.50. The van der Waals surface area contributed by atoms with E-state index in [1.54, 1.807) is 13.8 Å². The zero-order valence-electron chi connectivity index (χ0n) is 9.01. The molecule has 7 heteroatoms. The molecule has 1 aliphatic heterocycles. The molecule has 1 rings (SSSR count). The van der Waals surface area contributed by atoms with Crippen LogP contribution >= 0.6 is 0 Å². The maximum atomic E-state index is 13.1. The lowest BCUT2D eigenvalue weighted by molar-refractivity contribution is -0.168. The Morgan fingerprint density at radius 2 is 1.69 bits per heavy atom. The van der Waals surface area contributed by atoms with Crippen LogP contribution in [0.25, 0.3) is 0 Å². The first kappa shape index (κ1) is 12.4. The van der Waals surface area contributed by atoms with E-state index in [2.05, 4.69) is 0 Å². The Morgan fingerprint density at radius 1 is 1.25 bits per heavy atom. The normalized spacial score (nSPS) is 19.2. The second-order valence-electron chi connectivity index (χ2n) is 3.76. The largest absolute Gasteiger partial charge is 0.478 e. The zero-order chi connectivity index (χ0) is 12.5. The summed E-state index contributed by atoms with van der Waals surface area (Å²) in [4.78, 5) is 35.0. The van der Waals surface area contributed by atoms with Gasteiger partial charge in [-0.3, -0.25) is 14.5 Å². The van der Waals surface area contributed by atoms with Crippen LogP contribution in [0, 0.1) is 0 Å². The van der Waals surface area contributed by atoms with Crippen molar-refractivity contribution in [3.63, 3.8) is 0 Å². The van der Waals surface area contributed by atoms with Gasteiger partial charge >= 0.3 is 17.8 Å². The van der Waals surface area contributed by atoms with Crippen LogP contribution < -0.4 is 0 Å². The number of carboxylic acid groups (broad SMARTS) is 1. The summed E-state index contributed by atoms with van der Waals surface area (Å²) in [7, 11) is 0. The Morgan fingerprint density at radius 3 is 2.12 bits per heavy atom. The average molecular weight is 232 g/mol. The Balaban J connectivity index is 2.80. The van der Waals surface area contributed by atoms with Crippen LogP contribution in [0.3, 0.4) is 0 Å². The number of carbonyl (C=O) groups excluding carboxylic acids is 2. The molecule has 1 fully saturated rings.